The second-order valence-corrected chi connectivity index (χ2v) is 6.95. The van der Waals surface area contributed by atoms with Gasteiger partial charge in [-0.05, 0) is 36.8 Å². The molecule has 3 amide bonds. The van der Waals surface area contributed by atoms with Gasteiger partial charge >= 0.3 is 12.0 Å². The lowest BCUT2D eigenvalue weighted by Gasteiger charge is -2.12. The predicted octanol–water partition coefficient (Wildman–Crippen LogP) is 4.05. The minimum Gasteiger partial charge on any atom is -0.478 e. The molecule has 1 fully saturated rings. The SMILES string of the molecule is Cc1cccc(CN2C(=O)N/C(=C/c3ccc(-c4ccc(C(=O)O)cc4)o3)C2=O)c1. The van der Waals surface area contributed by atoms with Gasteiger partial charge in [0.15, 0.2) is 0 Å². The lowest BCUT2D eigenvalue weighted by atomic mass is 10.1. The van der Waals surface area contributed by atoms with E-state index < -0.39 is 17.9 Å². The molecule has 0 atom stereocenters. The first-order chi connectivity index (χ1) is 14.4. The summed E-state index contributed by atoms with van der Waals surface area (Å²) in [7, 11) is 0. The monoisotopic (exact) mass is 402 g/mol. The molecule has 0 aliphatic carbocycles. The van der Waals surface area contributed by atoms with Gasteiger partial charge in [-0.1, -0.05) is 42.0 Å². The van der Waals surface area contributed by atoms with Gasteiger partial charge < -0.3 is 14.8 Å². The van der Waals surface area contributed by atoms with Crippen LogP contribution in [0.2, 0.25) is 0 Å². The number of aryl methyl sites for hydroxylation is 1. The molecule has 3 aromatic rings. The molecular weight excluding hydrogens is 384 g/mol. The van der Waals surface area contributed by atoms with Gasteiger partial charge in [-0.25, -0.2) is 9.59 Å². The Hall–Kier alpha value is -4.13. The summed E-state index contributed by atoms with van der Waals surface area (Å²) in [6, 6.07) is 16.8. The van der Waals surface area contributed by atoms with Crippen LogP contribution in [0.1, 0.15) is 27.2 Å². The molecule has 150 valence electrons. The van der Waals surface area contributed by atoms with Gasteiger partial charge in [0, 0.05) is 11.6 Å². The van der Waals surface area contributed by atoms with Gasteiger partial charge in [-0.2, -0.15) is 0 Å². The Kier molecular flexibility index (Phi) is 4.93. The molecule has 0 spiro atoms. The summed E-state index contributed by atoms with van der Waals surface area (Å²) < 4.78 is 5.74. The van der Waals surface area contributed by atoms with Crippen LogP contribution in [0.25, 0.3) is 17.4 Å². The van der Waals surface area contributed by atoms with E-state index in [1.54, 1.807) is 24.3 Å². The lowest BCUT2D eigenvalue weighted by Crippen LogP contribution is -2.30. The van der Waals surface area contributed by atoms with Crippen LogP contribution in [0.5, 0.6) is 0 Å². The highest BCUT2D eigenvalue weighted by Gasteiger charge is 2.33. The molecule has 2 aromatic carbocycles. The topological polar surface area (TPSA) is 99.8 Å². The van der Waals surface area contributed by atoms with Crippen molar-refractivity contribution in [1.82, 2.24) is 10.2 Å². The van der Waals surface area contributed by atoms with Crippen LogP contribution < -0.4 is 5.32 Å². The summed E-state index contributed by atoms with van der Waals surface area (Å²) in [6.07, 6.45) is 1.48. The smallest absolute Gasteiger partial charge is 0.335 e. The highest BCUT2D eigenvalue weighted by atomic mass is 16.4. The normalized spacial score (nSPS) is 15.0. The summed E-state index contributed by atoms with van der Waals surface area (Å²) >= 11 is 0. The largest absolute Gasteiger partial charge is 0.478 e. The third-order valence-electron chi connectivity index (χ3n) is 4.72. The number of urea groups is 1. The molecular formula is C23H18N2O5. The van der Waals surface area contributed by atoms with Crippen LogP contribution in [0.3, 0.4) is 0 Å². The molecule has 0 saturated carbocycles. The van der Waals surface area contributed by atoms with Crippen LogP contribution in [0.4, 0.5) is 4.79 Å². The number of aromatic carboxylic acids is 1. The molecule has 0 bridgehead atoms. The molecule has 4 rings (SSSR count). The molecule has 7 heteroatoms. The average Bonchev–Trinajstić information content (AvgIpc) is 3.29. The fraction of sp³-hybridized carbons (Fsp3) is 0.0870. The Labute approximate surface area is 172 Å². The Morgan fingerprint density at radius 1 is 1.10 bits per heavy atom. The average molecular weight is 402 g/mol. The molecule has 1 aliphatic heterocycles. The molecule has 0 unspecified atom stereocenters. The zero-order valence-corrected chi connectivity index (χ0v) is 16.1. The number of rotatable bonds is 5. The molecule has 0 radical (unpaired) electrons. The fourth-order valence-electron chi connectivity index (χ4n) is 3.21. The minimum atomic E-state index is -1.00. The van der Waals surface area contributed by atoms with Crippen LogP contribution >= 0.6 is 0 Å². The van der Waals surface area contributed by atoms with Gasteiger partial charge in [0.05, 0.1) is 12.1 Å². The number of hydrogen-bond acceptors (Lipinski definition) is 4. The Balaban J connectivity index is 1.52. The second kappa shape index (κ2) is 7.71. The number of benzene rings is 2. The van der Waals surface area contributed by atoms with Gasteiger partial charge in [0.2, 0.25) is 0 Å². The fourth-order valence-corrected chi connectivity index (χ4v) is 3.21. The Morgan fingerprint density at radius 2 is 1.87 bits per heavy atom. The second-order valence-electron chi connectivity index (χ2n) is 6.95. The lowest BCUT2D eigenvalue weighted by molar-refractivity contribution is -0.123. The van der Waals surface area contributed by atoms with Crippen molar-refractivity contribution in [3.63, 3.8) is 0 Å². The molecule has 30 heavy (non-hydrogen) atoms. The zero-order chi connectivity index (χ0) is 21.3. The molecule has 1 aromatic heterocycles. The van der Waals surface area contributed by atoms with Crippen molar-refractivity contribution < 1.29 is 23.9 Å². The van der Waals surface area contributed by atoms with Crippen molar-refractivity contribution in [2.75, 3.05) is 0 Å². The van der Waals surface area contributed by atoms with Crippen LogP contribution in [0, 0.1) is 6.92 Å². The van der Waals surface area contributed by atoms with Crippen LogP contribution in [-0.4, -0.2) is 27.9 Å². The summed E-state index contributed by atoms with van der Waals surface area (Å²) in [6.45, 7) is 2.13. The number of hydrogen-bond donors (Lipinski definition) is 2. The van der Waals surface area contributed by atoms with E-state index >= 15 is 0 Å². The number of carboxylic acids is 1. The van der Waals surface area contributed by atoms with E-state index in [-0.39, 0.29) is 17.8 Å². The Bertz CT molecular complexity index is 1170. The molecule has 2 N–H and O–H groups in total. The summed E-state index contributed by atoms with van der Waals surface area (Å²) in [5.74, 6) is -0.511. The summed E-state index contributed by atoms with van der Waals surface area (Å²) in [5.41, 5.74) is 2.93. The number of nitrogens with zero attached hydrogens (tertiary/aromatic N) is 1. The van der Waals surface area contributed by atoms with E-state index in [4.69, 9.17) is 9.52 Å². The third-order valence-corrected chi connectivity index (χ3v) is 4.72. The number of imide groups is 1. The van der Waals surface area contributed by atoms with Crippen molar-refractivity contribution in [1.29, 1.82) is 0 Å². The van der Waals surface area contributed by atoms with E-state index in [2.05, 4.69) is 5.32 Å². The highest BCUT2D eigenvalue weighted by Crippen LogP contribution is 2.25. The maximum absolute atomic E-state index is 12.7. The minimum absolute atomic E-state index is 0.134. The summed E-state index contributed by atoms with van der Waals surface area (Å²) in [5, 5.41) is 11.6. The maximum atomic E-state index is 12.7. The van der Waals surface area contributed by atoms with Crippen molar-refractivity contribution in [2.45, 2.75) is 13.5 Å². The first-order valence-electron chi connectivity index (χ1n) is 9.24. The van der Waals surface area contributed by atoms with E-state index in [9.17, 15) is 14.4 Å². The molecule has 1 saturated heterocycles. The van der Waals surface area contributed by atoms with Crippen LogP contribution in [0.15, 0.2) is 70.8 Å². The maximum Gasteiger partial charge on any atom is 0.335 e. The summed E-state index contributed by atoms with van der Waals surface area (Å²) in [4.78, 5) is 37.0. The zero-order valence-electron chi connectivity index (χ0n) is 16.1. The van der Waals surface area contributed by atoms with Crippen molar-refractivity contribution in [3.05, 3.63) is 88.8 Å². The van der Waals surface area contributed by atoms with Gasteiger partial charge in [-0.3, -0.25) is 9.69 Å². The number of carbonyl (C=O) groups is 3. The van der Waals surface area contributed by atoms with Gasteiger partial charge in [0.25, 0.3) is 5.91 Å². The van der Waals surface area contributed by atoms with Gasteiger partial charge in [0.1, 0.15) is 17.2 Å². The first-order valence-corrected chi connectivity index (χ1v) is 9.24. The van der Waals surface area contributed by atoms with E-state index in [1.165, 1.54) is 18.2 Å². The first kappa shape index (κ1) is 19.2. The molecule has 2 heterocycles. The number of furan rings is 1. The standard InChI is InChI=1S/C23H18N2O5/c1-14-3-2-4-15(11-14)13-25-21(26)19(24-23(25)29)12-18-9-10-20(30-18)16-5-7-17(8-6-16)22(27)28/h2-12H,13H2,1H3,(H,24,29)(H,27,28)/b19-12+. The van der Waals surface area contributed by atoms with Crippen LogP contribution in [-0.2, 0) is 11.3 Å². The number of nitrogens with one attached hydrogen (secondary N) is 1. The number of carbonyl (C=O) groups excluding carboxylic acids is 2. The van der Waals surface area contributed by atoms with Crippen molar-refractivity contribution >= 4 is 24.0 Å². The predicted molar refractivity (Wildman–Crippen MR) is 109 cm³/mol. The molecule has 7 nitrogen and oxygen atoms in total. The quantitative estimate of drug-likeness (QED) is 0.495. The van der Waals surface area contributed by atoms with E-state index in [1.807, 2.05) is 31.2 Å². The Morgan fingerprint density at radius 3 is 2.57 bits per heavy atom. The number of carboxylic acid groups (broad SMARTS) is 1. The van der Waals surface area contributed by atoms with Crippen molar-refractivity contribution in [2.24, 2.45) is 0 Å². The number of amides is 3. The third kappa shape index (κ3) is 3.86. The van der Waals surface area contributed by atoms with Crippen molar-refractivity contribution in [3.8, 4) is 11.3 Å². The van der Waals surface area contributed by atoms with Gasteiger partial charge in [-0.15, -0.1) is 0 Å². The highest BCUT2D eigenvalue weighted by molar-refractivity contribution is 6.13. The molecule has 1 aliphatic rings. The van der Waals surface area contributed by atoms with E-state index in [0.29, 0.717) is 17.1 Å². The van der Waals surface area contributed by atoms with E-state index in [0.717, 1.165) is 16.0 Å².